The zero-order valence-corrected chi connectivity index (χ0v) is 20.8. The highest BCUT2D eigenvalue weighted by molar-refractivity contribution is 6.30. The molecule has 0 radical (unpaired) electrons. The average molecular weight is 556 g/mol. The number of fused-ring (bicyclic) bond motifs is 1. The molecule has 39 heavy (non-hydrogen) atoms. The number of hydrogen-bond acceptors (Lipinski definition) is 8. The molecule has 1 unspecified atom stereocenters. The molecule has 0 bridgehead atoms. The van der Waals surface area contributed by atoms with Gasteiger partial charge in [0.2, 0.25) is 5.88 Å². The van der Waals surface area contributed by atoms with E-state index in [-0.39, 0.29) is 34.7 Å². The maximum absolute atomic E-state index is 13.9. The number of rotatable bonds is 5. The highest BCUT2D eigenvalue weighted by atomic mass is 35.5. The summed E-state index contributed by atoms with van der Waals surface area (Å²) in [5.41, 5.74) is -0.0682. The number of carbonyl (C=O) groups excluding carboxylic acids is 2. The average Bonchev–Trinajstić information content (AvgIpc) is 2.90. The number of pyridine rings is 2. The van der Waals surface area contributed by atoms with Crippen molar-refractivity contribution < 1.29 is 32.2 Å². The number of benzene rings is 1. The Bertz CT molecular complexity index is 1550. The maximum atomic E-state index is 13.9. The molecule has 1 atom stereocenters. The highest BCUT2D eigenvalue weighted by Gasteiger charge is 2.37. The smallest absolute Gasteiger partial charge is 0.421 e. The molecule has 4 aromatic rings. The van der Waals surface area contributed by atoms with E-state index in [0.717, 1.165) is 6.07 Å². The lowest BCUT2D eigenvalue weighted by atomic mass is 10.1. The van der Waals surface area contributed by atoms with Crippen molar-refractivity contribution in [3.05, 3.63) is 100 Å². The third-order valence-corrected chi connectivity index (χ3v) is 5.93. The number of ether oxygens (including phenoxy) is 2. The van der Waals surface area contributed by atoms with Crippen LogP contribution in [0.2, 0.25) is 5.02 Å². The van der Waals surface area contributed by atoms with E-state index in [1.165, 1.54) is 73.3 Å². The van der Waals surface area contributed by atoms with Crippen molar-refractivity contribution in [3.63, 3.8) is 0 Å². The van der Waals surface area contributed by atoms with Gasteiger partial charge in [-0.3, -0.25) is 9.69 Å². The molecule has 0 saturated heterocycles. The first-order valence-electron chi connectivity index (χ1n) is 11.4. The van der Waals surface area contributed by atoms with Crippen molar-refractivity contribution in [2.24, 2.45) is 0 Å². The summed E-state index contributed by atoms with van der Waals surface area (Å²) < 4.78 is 52.5. The normalized spacial score (nSPS) is 14.9. The number of halogens is 4. The summed E-state index contributed by atoms with van der Waals surface area (Å²) in [5.74, 6) is -2.16. The monoisotopic (exact) mass is 555 g/mol. The van der Waals surface area contributed by atoms with E-state index in [1.54, 1.807) is 0 Å². The third kappa shape index (κ3) is 5.50. The molecule has 4 heterocycles. The molecule has 5 rings (SSSR count). The van der Waals surface area contributed by atoms with E-state index in [4.69, 9.17) is 21.1 Å². The van der Waals surface area contributed by atoms with Gasteiger partial charge in [0, 0.05) is 31.2 Å². The zero-order chi connectivity index (χ0) is 27.7. The lowest BCUT2D eigenvalue weighted by Gasteiger charge is -2.34. The molecule has 0 spiro atoms. The summed E-state index contributed by atoms with van der Waals surface area (Å²) in [7, 11) is 0. The molecule has 9 nitrogen and oxygen atoms in total. The molecule has 0 fully saturated rings. The van der Waals surface area contributed by atoms with Gasteiger partial charge in [0.05, 0.1) is 16.3 Å². The zero-order valence-electron chi connectivity index (χ0n) is 20.0. The van der Waals surface area contributed by atoms with Gasteiger partial charge in [0.15, 0.2) is 6.23 Å². The molecule has 0 N–H and O–H groups in total. The summed E-state index contributed by atoms with van der Waals surface area (Å²) in [6, 6.07) is 7.75. The number of esters is 1. The minimum Gasteiger partial charge on any atom is -0.438 e. The van der Waals surface area contributed by atoms with Gasteiger partial charge < -0.3 is 9.47 Å². The molecule has 0 aliphatic carbocycles. The number of anilines is 1. The van der Waals surface area contributed by atoms with Gasteiger partial charge in [0.25, 0.3) is 5.91 Å². The fourth-order valence-corrected chi connectivity index (χ4v) is 4.08. The Morgan fingerprint density at radius 2 is 1.82 bits per heavy atom. The van der Waals surface area contributed by atoms with E-state index in [0.29, 0.717) is 10.6 Å². The van der Waals surface area contributed by atoms with Crippen molar-refractivity contribution in [3.8, 4) is 11.6 Å². The van der Waals surface area contributed by atoms with Crippen molar-refractivity contribution in [2.45, 2.75) is 25.7 Å². The Kier molecular flexibility index (Phi) is 6.87. The molecule has 3 aromatic heterocycles. The summed E-state index contributed by atoms with van der Waals surface area (Å²) in [6.45, 7) is 1.50. The SMILES string of the molecule is CC1OC(=O)c2cc(Oc3ncc(Cc4cncnc4)cc3C(F)(F)F)ccc2N1C(=O)c1ccc(Cl)cn1. The lowest BCUT2D eigenvalue weighted by Crippen LogP contribution is -2.45. The van der Waals surface area contributed by atoms with Gasteiger partial charge in [-0.25, -0.2) is 24.7 Å². The Morgan fingerprint density at radius 3 is 2.51 bits per heavy atom. The topological polar surface area (TPSA) is 107 Å². The standard InChI is InChI=1S/C26H17ClF3N5O4/c1-14-35(24(36)21-4-2-17(27)12-33-21)22-5-3-18(8-19(22)25(37)38-14)39-23-20(26(28,29)30)7-15(11-34-23)6-16-9-31-13-32-10-16/h2-5,7-14H,6H2,1H3. The van der Waals surface area contributed by atoms with Gasteiger partial charge in [0.1, 0.15) is 23.3 Å². The second kappa shape index (κ2) is 10.3. The molecular formula is C26H17ClF3N5O4. The van der Waals surface area contributed by atoms with Crippen LogP contribution in [0.3, 0.4) is 0 Å². The number of alkyl halides is 3. The van der Waals surface area contributed by atoms with E-state index < -0.39 is 35.7 Å². The van der Waals surface area contributed by atoms with E-state index in [9.17, 15) is 22.8 Å². The molecule has 1 aromatic carbocycles. The Hall–Kier alpha value is -4.58. The van der Waals surface area contributed by atoms with Crippen LogP contribution in [0.25, 0.3) is 0 Å². The Labute approximate surface area is 224 Å². The first-order chi connectivity index (χ1) is 18.6. The van der Waals surface area contributed by atoms with Crippen molar-refractivity contribution in [1.82, 2.24) is 19.9 Å². The fraction of sp³-hybridized carbons (Fsp3) is 0.154. The van der Waals surface area contributed by atoms with Crippen LogP contribution in [-0.4, -0.2) is 38.0 Å². The number of cyclic esters (lactones) is 1. The van der Waals surface area contributed by atoms with Gasteiger partial charge in [-0.1, -0.05) is 11.6 Å². The summed E-state index contributed by atoms with van der Waals surface area (Å²) >= 11 is 5.85. The molecule has 1 aliphatic heterocycles. The van der Waals surface area contributed by atoms with Gasteiger partial charge in [-0.15, -0.1) is 0 Å². The van der Waals surface area contributed by atoms with Gasteiger partial charge in [-0.05, 0) is 54.4 Å². The quantitative estimate of drug-likeness (QED) is 0.298. The molecule has 0 saturated carbocycles. The lowest BCUT2D eigenvalue weighted by molar-refractivity contribution is -0.138. The van der Waals surface area contributed by atoms with Crippen LogP contribution in [0.4, 0.5) is 18.9 Å². The predicted octanol–water partition coefficient (Wildman–Crippen LogP) is 5.49. The summed E-state index contributed by atoms with van der Waals surface area (Å²) in [4.78, 5) is 42.6. The van der Waals surface area contributed by atoms with Gasteiger partial charge >= 0.3 is 12.1 Å². The van der Waals surface area contributed by atoms with E-state index >= 15 is 0 Å². The third-order valence-electron chi connectivity index (χ3n) is 5.70. The molecule has 1 aliphatic rings. The fourth-order valence-electron chi connectivity index (χ4n) is 3.96. The number of carbonyl (C=O) groups is 2. The van der Waals surface area contributed by atoms with Crippen LogP contribution in [0.1, 0.15) is 44.5 Å². The second-order valence-electron chi connectivity index (χ2n) is 8.44. The van der Waals surface area contributed by atoms with E-state index in [1.807, 2.05) is 0 Å². The first-order valence-corrected chi connectivity index (χ1v) is 11.8. The highest BCUT2D eigenvalue weighted by Crippen LogP contribution is 2.39. The molecule has 13 heteroatoms. The number of hydrogen-bond donors (Lipinski definition) is 0. The van der Waals surface area contributed by atoms with Crippen LogP contribution < -0.4 is 9.64 Å². The summed E-state index contributed by atoms with van der Waals surface area (Å²) in [6.07, 6.45) is 1.25. The summed E-state index contributed by atoms with van der Waals surface area (Å²) in [5, 5.41) is 0.334. The van der Waals surface area contributed by atoms with Gasteiger partial charge in [-0.2, -0.15) is 13.2 Å². The minimum atomic E-state index is -4.77. The number of aromatic nitrogens is 4. The van der Waals surface area contributed by atoms with Crippen LogP contribution >= 0.6 is 11.6 Å². The molecule has 1 amide bonds. The molecule has 198 valence electrons. The van der Waals surface area contributed by atoms with Crippen LogP contribution in [0, 0.1) is 0 Å². The minimum absolute atomic E-state index is 0.0525. The Morgan fingerprint density at radius 1 is 1.05 bits per heavy atom. The Balaban J connectivity index is 1.46. The first kappa shape index (κ1) is 26.0. The second-order valence-corrected chi connectivity index (χ2v) is 8.88. The van der Waals surface area contributed by atoms with Crippen molar-refractivity contribution >= 4 is 29.2 Å². The van der Waals surface area contributed by atoms with Crippen molar-refractivity contribution in [1.29, 1.82) is 0 Å². The number of amides is 1. The van der Waals surface area contributed by atoms with Crippen LogP contribution in [-0.2, 0) is 17.3 Å². The molecular weight excluding hydrogens is 539 g/mol. The van der Waals surface area contributed by atoms with Crippen LogP contribution in [0.15, 0.2) is 67.5 Å². The number of nitrogens with zero attached hydrogens (tertiary/aromatic N) is 5. The largest absolute Gasteiger partial charge is 0.438 e. The van der Waals surface area contributed by atoms with Crippen molar-refractivity contribution in [2.75, 3.05) is 4.90 Å². The maximum Gasteiger partial charge on any atom is 0.421 e. The van der Waals surface area contributed by atoms with Crippen LogP contribution in [0.5, 0.6) is 11.6 Å². The predicted molar refractivity (Wildman–Crippen MR) is 132 cm³/mol. The van der Waals surface area contributed by atoms with E-state index in [2.05, 4.69) is 19.9 Å².